The molecule has 0 aliphatic carbocycles. The van der Waals surface area contributed by atoms with Gasteiger partial charge in [0.15, 0.2) is 11.2 Å². The average Bonchev–Trinajstić information content (AvgIpc) is 3.21. The Morgan fingerprint density at radius 3 is 2.54 bits per heavy atom. The first-order valence-electron chi connectivity index (χ1n) is 10.3. The SMILES string of the molecule is COC(=O)c1nn(CN2CCN(c3ccc(C(F)(F)F)cc3[N+](=O)[O-])CC2)c(=O)c2noc(C)c12. The lowest BCUT2D eigenvalue weighted by atomic mass is 10.1. The van der Waals surface area contributed by atoms with Crippen LogP contribution in [0.25, 0.3) is 10.9 Å². The lowest BCUT2D eigenvalue weighted by Crippen LogP contribution is -2.48. The number of rotatable bonds is 5. The number of nitrogens with zero attached hydrogens (tertiary/aromatic N) is 6. The lowest BCUT2D eigenvalue weighted by molar-refractivity contribution is -0.384. The molecule has 2 aromatic heterocycles. The van der Waals surface area contributed by atoms with Gasteiger partial charge in [-0.2, -0.15) is 18.3 Å². The molecule has 1 fully saturated rings. The van der Waals surface area contributed by atoms with Gasteiger partial charge in [0.05, 0.1) is 29.7 Å². The van der Waals surface area contributed by atoms with Crippen molar-refractivity contribution in [1.82, 2.24) is 19.8 Å². The smallest absolute Gasteiger partial charge is 0.416 e. The molecule has 0 N–H and O–H groups in total. The molecule has 0 saturated carbocycles. The van der Waals surface area contributed by atoms with Crippen LogP contribution in [0, 0.1) is 17.0 Å². The molecule has 3 heterocycles. The maximum atomic E-state index is 13.0. The van der Waals surface area contributed by atoms with Crippen LogP contribution in [-0.2, 0) is 17.6 Å². The van der Waals surface area contributed by atoms with Crippen molar-refractivity contribution in [3.05, 3.63) is 55.7 Å². The maximum Gasteiger partial charge on any atom is 0.416 e. The Kier molecular flexibility index (Phi) is 6.19. The zero-order valence-electron chi connectivity index (χ0n) is 18.5. The van der Waals surface area contributed by atoms with E-state index < -0.39 is 33.9 Å². The van der Waals surface area contributed by atoms with E-state index in [0.29, 0.717) is 19.2 Å². The molecule has 3 aromatic rings. The summed E-state index contributed by atoms with van der Waals surface area (Å²) in [5.41, 5.74) is -2.44. The fourth-order valence-corrected chi connectivity index (χ4v) is 3.90. The number of hydrogen-bond acceptors (Lipinski definition) is 10. The summed E-state index contributed by atoms with van der Waals surface area (Å²) in [6, 6.07) is 2.42. The topological polar surface area (TPSA) is 137 Å². The highest BCUT2D eigenvalue weighted by molar-refractivity contribution is 6.01. The molecular weight excluding hydrogens is 477 g/mol. The van der Waals surface area contributed by atoms with Gasteiger partial charge in [-0.15, -0.1) is 0 Å². The molecule has 186 valence electrons. The minimum atomic E-state index is -4.70. The highest BCUT2D eigenvalue weighted by Gasteiger charge is 2.34. The summed E-state index contributed by atoms with van der Waals surface area (Å²) in [7, 11) is 1.17. The summed E-state index contributed by atoms with van der Waals surface area (Å²) in [5.74, 6) is -0.529. The zero-order valence-corrected chi connectivity index (χ0v) is 18.5. The Labute approximate surface area is 194 Å². The molecule has 1 aliphatic rings. The second kappa shape index (κ2) is 8.98. The first kappa shape index (κ1) is 24.1. The van der Waals surface area contributed by atoms with E-state index in [1.54, 1.807) is 9.80 Å². The van der Waals surface area contributed by atoms with Crippen molar-refractivity contribution in [2.75, 3.05) is 38.2 Å². The van der Waals surface area contributed by atoms with Crippen LogP contribution in [-0.4, -0.2) is 64.0 Å². The van der Waals surface area contributed by atoms with E-state index in [-0.39, 0.29) is 47.8 Å². The van der Waals surface area contributed by atoms with Gasteiger partial charge in [-0.3, -0.25) is 19.8 Å². The highest BCUT2D eigenvalue weighted by Crippen LogP contribution is 2.36. The number of fused-ring (bicyclic) bond motifs is 1. The number of esters is 1. The third-order valence-corrected chi connectivity index (χ3v) is 5.68. The number of methoxy groups -OCH3 is 1. The van der Waals surface area contributed by atoms with Crippen LogP contribution >= 0.6 is 0 Å². The average molecular weight is 496 g/mol. The van der Waals surface area contributed by atoms with E-state index in [4.69, 9.17) is 9.26 Å². The van der Waals surface area contributed by atoms with Crippen LogP contribution in [0.3, 0.4) is 0 Å². The van der Waals surface area contributed by atoms with Gasteiger partial charge < -0.3 is 14.2 Å². The van der Waals surface area contributed by atoms with Gasteiger partial charge in [0.25, 0.3) is 11.2 Å². The van der Waals surface area contributed by atoms with E-state index in [9.17, 15) is 32.9 Å². The van der Waals surface area contributed by atoms with E-state index >= 15 is 0 Å². The van der Waals surface area contributed by atoms with Crippen molar-refractivity contribution < 1.29 is 32.1 Å². The maximum absolute atomic E-state index is 13.0. The summed E-state index contributed by atoms with van der Waals surface area (Å²) < 4.78 is 49.8. The summed E-state index contributed by atoms with van der Waals surface area (Å²) >= 11 is 0. The number of hydrogen-bond donors (Lipinski definition) is 0. The van der Waals surface area contributed by atoms with Crippen LogP contribution in [0.5, 0.6) is 0 Å². The number of ether oxygens (including phenoxy) is 1. The van der Waals surface area contributed by atoms with Gasteiger partial charge in [0.2, 0.25) is 0 Å². The summed E-state index contributed by atoms with van der Waals surface area (Å²) in [6.45, 7) is 2.64. The molecule has 0 spiro atoms. The summed E-state index contributed by atoms with van der Waals surface area (Å²) in [4.78, 5) is 39.0. The predicted molar refractivity (Wildman–Crippen MR) is 114 cm³/mol. The fraction of sp³-hybridized carbons (Fsp3) is 0.400. The number of piperazine rings is 1. The van der Waals surface area contributed by atoms with Crippen molar-refractivity contribution in [3.63, 3.8) is 0 Å². The molecule has 0 atom stereocenters. The lowest BCUT2D eigenvalue weighted by Gasteiger charge is -2.35. The number of alkyl halides is 3. The van der Waals surface area contributed by atoms with Crippen molar-refractivity contribution in [2.24, 2.45) is 0 Å². The van der Waals surface area contributed by atoms with Crippen molar-refractivity contribution >= 4 is 28.2 Å². The molecule has 1 saturated heterocycles. The minimum absolute atomic E-state index is 0.0202. The summed E-state index contributed by atoms with van der Waals surface area (Å²) in [5, 5.41) is 19.4. The number of carbonyl (C=O) groups is 1. The largest absolute Gasteiger partial charge is 0.464 e. The standard InChI is InChI=1S/C20H19F3N6O6/c1-11-15-16(25-35-11)18(30)28(24-17(15)19(31)34-2)10-26-5-7-27(8-6-26)13-4-3-12(20(21,22)23)9-14(13)29(32)33/h3-4,9H,5-8,10H2,1-2H3. The fourth-order valence-electron chi connectivity index (χ4n) is 3.90. The molecule has 0 unspecified atom stereocenters. The Morgan fingerprint density at radius 2 is 1.94 bits per heavy atom. The molecular formula is C20H19F3N6O6. The first-order chi connectivity index (χ1) is 16.5. The van der Waals surface area contributed by atoms with Crippen molar-refractivity contribution in [1.29, 1.82) is 0 Å². The number of aromatic nitrogens is 3. The van der Waals surface area contributed by atoms with Crippen LogP contribution in [0.15, 0.2) is 27.5 Å². The van der Waals surface area contributed by atoms with Crippen LogP contribution in [0.1, 0.15) is 21.8 Å². The number of benzene rings is 1. The zero-order chi connectivity index (χ0) is 25.5. The summed E-state index contributed by atoms with van der Waals surface area (Å²) in [6.07, 6.45) is -4.70. The minimum Gasteiger partial charge on any atom is -0.464 e. The normalized spacial score (nSPS) is 14.9. The van der Waals surface area contributed by atoms with Crippen molar-refractivity contribution in [3.8, 4) is 0 Å². The van der Waals surface area contributed by atoms with Gasteiger partial charge in [-0.05, 0) is 19.1 Å². The Balaban J connectivity index is 1.55. The molecule has 0 amide bonds. The van der Waals surface area contributed by atoms with E-state index in [0.717, 1.165) is 16.8 Å². The Morgan fingerprint density at radius 1 is 1.26 bits per heavy atom. The van der Waals surface area contributed by atoms with E-state index in [2.05, 4.69) is 10.3 Å². The second-order valence-electron chi connectivity index (χ2n) is 7.81. The van der Waals surface area contributed by atoms with Gasteiger partial charge in [-0.25, -0.2) is 9.48 Å². The quantitative estimate of drug-likeness (QED) is 0.294. The van der Waals surface area contributed by atoms with Gasteiger partial charge in [-0.1, -0.05) is 5.16 Å². The molecule has 1 aliphatic heterocycles. The third-order valence-electron chi connectivity index (χ3n) is 5.68. The first-order valence-corrected chi connectivity index (χ1v) is 10.3. The molecule has 0 bridgehead atoms. The molecule has 1 aromatic carbocycles. The van der Waals surface area contributed by atoms with Gasteiger partial charge in [0, 0.05) is 32.2 Å². The highest BCUT2D eigenvalue weighted by atomic mass is 19.4. The number of nitro groups is 1. The number of aryl methyl sites for hydroxylation is 1. The molecule has 12 nitrogen and oxygen atoms in total. The predicted octanol–water partition coefficient (Wildman–Crippen LogP) is 2.19. The van der Waals surface area contributed by atoms with Crippen LogP contribution in [0.2, 0.25) is 0 Å². The van der Waals surface area contributed by atoms with E-state index in [1.165, 1.54) is 14.0 Å². The van der Waals surface area contributed by atoms with Crippen LogP contribution < -0.4 is 10.5 Å². The molecule has 15 heteroatoms. The van der Waals surface area contributed by atoms with Gasteiger partial charge >= 0.3 is 12.1 Å². The number of anilines is 1. The molecule has 4 rings (SSSR count). The number of halogens is 3. The monoisotopic (exact) mass is 496 g/mol. The van der Waals surface area contributed by atoms with Gasteiger partial charge in [0.1, 0.15) is 11.4 Å². The molecule has 35 heavy (non-hydrogen) atoms. The Hall–Kier alpha value is -4.01. The third kappa shape index (κ3) is 4.53. The second-order valence-corrected chi connectivity index (χ2v) is 7.81. The van der Waals surface area contributed by atoms with E-state index in [1.807, 2.05) is 0 Å². The van der Waals surface area contributed by atoms with Crippen molar-refractivity contribution in [2.45, 2.75) is 19.8 Å². The molecule has 0 radical (unpaired) electrons. The van der Waals surface area contributed by atoms with Crippen LogP contribution in [0.4, 0.5) is 24.5 Å². The number of nitro benzene ring substituents is 1. The number of carbonyl (C=O) groups excluding carboxylic acids is 1. The Bertz CT molecular complexity index is 1360.